The monoisotopic (exact) mass is 299 g/mol. The normalized spacial score (nSPS) is 19.8. The highest BCUT2D eigenvalue weighted by Gasteiger charge is 2.39. The summed E-state index contributed by atoms with van der Waals surface area (Å²) in [6.07, 6.45) is 0.0702. The van der Waals surface area contributed by atoms with E-state index in [1.54, 1.807) is 17.1 Å². The maximum Gasteiger partial charge on any atom is 0.249 e. The molecule has 1 aromatic rings. The Morgan fingerprint density at radius 3 is 2.73 bits per heavy atom. The van der Waals surface area contributed by atoms with Crippen LogP contribution in [0.2, 0.25) is 0 Å². The molecule has 0 aliphatic carbocycles. The molecule has 2 heterocycles. The Bertz CT molecular complexity index is 676. The minimum absolute atomic E-state index is 0.0702. The Hall–Kier alpha value is -2.83. The van der Waals surface area contributed by atoms with Gasteiger partial charge in [0.15, 0.2) is 0 Å². The number of amides is 2. The first kappa shape index (κ1) is 14.1. The second-order valence-electron chi connectivity index (χ2n) is 5.39. The van der Waals surface area contributed by atoms with Crippen molar-refractivity contribution in [1.82, 2.24) is 15.8 Å². The number of hydrazine groups is 1. The molecule has 0 aromatic heterocycles. The summed E-state index contributed by atoms with van der Waals surface area (Å²) in [5.41, 5.74) is 4.73. The van der Waals surface area contributed by atoms with Gasteiger partial charge in [-0.05, 0) is 31.6 Å². The SMILES string of the molecule is CC(C)=C1N=C2NC(=O)CC(C(=O)Nc3ccccc3)N2N1. The average Bonchev–Trinajstić information content (AvgIpc) is 2.91. The van der Waals surface area contributed by atoms with Gasteiger partial charge in [-0.2, -0.15) is 4.99 Å². The molecule has 1 atom stereocenters. The van der Waals surface area contributed by atoms with Gasteiger partial charge in [-0.25, -0.2) is 5.01 Å². The van der Waals surface area contributed by atoms with E-state index in [-0.39, 0.29) is 18.2 Å². The van der Waals surface area contributed by atoms with E-state index in [4.69, 9.17) is 0 Å². The molecule has 1 aromatic carbocycles. The number of rotatable bonds is 2. The van der Waals surface area contributed by atoms with Gasteiger partial charge in [0, 0.05) is 5.69 Å². The van der Waals surface area contributed by atoms with Crippen molar-refractivity contribution in [3.05, 3.63) is 41.7 Å². The Labute approximate surface area is 128 Å². The van der Waals surface area contributed by atoms with Crippen LogP contribution in [-0.2, 0) is 9.59 Å². The summed E-state index contributed by atoms with van der Waals surface area (Å²) in [4.78, 5) is 28.6. The molecule has 0 saturated carbocycles. The largest absolute Gasteiger partial charge is 0.324 e. The van der Waals surface area contributed by atoms with Gasteiger partial charge in [0.1, 0.15) is 11.9 Å². The van der Waals surface area contributed by atoms with Crippen LogP contribution in [0.3, 0.4) is 0 Å². The van der Waals surface area contributed by atoms with Gasteiger partial charge in [0.2, 0.25) is 17.8 Å². The van der Waals surface area contributed by atoms with Gasteiger partial charge >= 0.3 is 0 Å². The van der Waals surface area contributed by atoms with Gasteiger partial charge in [-0.1, -0.05) is 18.2 Å². The number of aliphatic imine (C=N–C) groups is 1. The van der Waals surface area contributed by atoms with Crippen molar-refractivity contribution < 1.29 is 9.59 Å². The minimum atomic E-state index is -0.649. The molecule has 3 N–H and O–H groups in total. The van der Waals surface area contributed by atoms with E-state index in [1.165, 1.54) is 0 Å². The zero-order valence-corrected chi connectivity index (χ0v) is 12.4. The molecule has 22 heavy (non-hydrogen) atoms. The molecule has 1 unspecified atom stereocenters. The van der Waals surface area contributed by atoms with Crippen molar-refractivity contribution in [3.63, 3.8) is 0 Å². The van der Waals surface area contributed by atoms with Crippen molar-refractivity contribution in [2.45, 2.75) is 26.3 Å². The number of guanidine groups is 1. The Morgan fingerprint density at radius 2 is 2.05 bits per heavy atom. The van der Waals surface area contributed by atoms with Crippen molar-refractivity contribution in [1.29, 1.82) is 0 Å². The highest BCUT2D eigenvalue weighted by molar-refractivity contribution is 6.07. The lowest BCUT2D eigenvalue weighted by Crippen LogP contribution is -2.61. The number of para-hydroxylation sites is 1. The highest BCUT2D eigenvalue weighted by atomic mass is 16.2. The Kier molecular flexibility index (Phi) is 3.54. The lowest BCUT2D eigenvalue weighted by Gasteiger charge is -2.32. The van der Waals surface area contributed by atoms with E-state index in [2.05, 4.69) is 21.1 Å². The molecule has 0 spiro atoms. The number of fused-ring (bicyclic) bond motifs is 1. The number of hydrogen-bond acceptors (Lipinski definition) is 5. The van der Waals surface area contributed by atoms with Crippen LogP contribution in [0.5, 0.6) is 0 Å². The van der Waals surface area contributed by atoms with Crippen LogP contribution in [0.25, 0.3) is 0 Å². The summed E-state index contributed by atoms with van der Waals surface area (Å²) in [6.45, 7) is 3.82. The first-order valence-electron chi connectivity index (χ1n) is 7.02. The molecule has 7 heteroatoms. The van der Waals surface area contributed by atoms with Crippen LogP contribution >= 0.6 is 0 Å². The van der Waals surface area contributed by atoms with E-state index < -0.39 is 6.04 Å². The summed E-state index contributed by atoms with van der Waals surface area (Å²) >= 11 is 0. The third-order valence-corrected chi connectivity index (χ3v) is 3.43. The zero-order chi connectivity index (χ0) is 15.7. The number of nitrogens with one attached hydrogen (secondary N) is 3. The van der Waals surface area contributed by atoms with Gasteiger partial charge < -0.3 is 5.32 Å². The molecule has 0 bridgehead atoms. The van der Waals surface area contributed by atoms with E-state index in [0.717, 1.165) is 5.57 Å². The van der Waals surface area contributed by atoms with Crippen molar-refractivity contribution in [2.75, 3.05) is 5.32 Å². The molecule has 0 radical (unpaired) electrons. The fourth-order valence-corrected chi connectivity index (χ4v) is 2.29. The quantitative estimate of drug-likeness (QED) is 0.758. The van der Waals surface area contributed by atoms with E-state index >= 15 is 0 Å². The molecular formula is C15H17N5O2. The molecule has 114 valence electrons. The molecule has 1 saturated heterocycles. The Morgan fingerprint density at radius 1 is 1.32 bits per heavy atom. The number of benzene rings is 1. The van der Waals surface area contributed by atoms with Crippen LogP contribution in [0.1, 0.15) is 20.3 Å². The van der Waals surface area contributed by atoms with E-state index in [1.807, 2.05) is 32.0 Å². The van der Waals surface area contributed by atoms with Crippen LogP contribution in [-0.4, -0.2) is 28.8 Å². The number of anilines is 1. The topological polar surface area (TPSA) is 85.8 Å². The summed E-state index contributed by atoms with van der Waals surface area (Å²) in [5, 5.41) is 7.09. The second kappa shape index (κ2) is 5.51. The van der Waals surface area contributed by atoms with Crippen molar-refractivity contribution in [2.24, 2.45) is 4.99 Å². The summed E-state index contributed by atoms with van der Waals surface area (Å²) in [6, 6.07) is 8.50. The maximum atomic E-state index is 12.5. The molecule has 2 amide bonds. The van der Waals surface area contributed by atoms with E-state index in [9.17, 15) is 9.59 Å². The second-order valence-corrected chi connectivity index (χ2v) is 5.39. The number of allylic oxidation sites excluding steroid dienone is 1. The average molecular weight is 299 g/mol. The summed E-state index contributed by atoms with van der Waals surface area (Å²) < 4.78 is 0. The zero-order valence-electron chi connectivity index (χ0n) is 12.4. The fraction of sp³-hybridized carbons (Fsp3) is 0.267. The van der Waals surface area contributed by atoms with Crippen LogP contribution in [0, 0.1) is 0 Å². The van der Waals surface area contributed by atoms with Gasteiger partial charge in [-0.3, -0.25) is 20.3 Å². The lowest BCUT2D eigenvalue weighted by molar-refractivity contribution is -0.129. The number of hydrogen-bond donors (Lipinski definition) is 3. The first-order valence-corrected chi connectivity index (χ1v) is 7.02. The minimum Gasteiger partial charge on any atom is -0.324 e. The molecule has 7 nitrogen and oxygen atoms in total. The van der Waals surface area contributed by atoms with Gasteiger partial charge in [0.05, 0.1) is 6.42 Å². The summed E-state index contributed by atoms with van der Waals surface area (Å²) in [5.74, 6) is 0.534. The third kappa shape index (κ3) is 2.65. The molecule has 2 aliphatic rings. The number of nitrogens with zero attached hydrogens (tertiary/aromatic N) is 2. The van der Waals surface area contributed by atoms with Crippen molar-refractivity contribution >= 4 is 23.5 Å². The highest BCUT2D eigenvalue weighted by Crippen LogP contribution is 2.19. The molecule has 3 rings (SSSR count). The number of carbonyl (C=O) groups excluding carboxylic acids is 2. The maximum absolute atomic E-state index is 12.5. The summed E-state index contributed by atoms with van der Waals surface area (Å²) in [7, 11) is 0. The molecular weight excluding hydrogens is 282 g/mol. The predicted molar refractivity (Wildman–Crippen MR) is 82.4 cm³/mol. The van der Waals surface area contributed by atoms with Crippen molar-refractivity contribution in [3.8, 4) is 0 Å². The third-order valence-electron chi connectivity index (χ3n) is 3.43. The van der Waals surface area contributed by atoms with E-state index in [0.29, 0.717) is 17.5 Å². The van der Waals surface area contributed by atoms with Crippen LogP contribution in [0.15, 0.2) is 46.7 Å². The molecule has 1 fully saturated rings. The van der Waals surface area contributed by atoms with Crippen LogP contribution < -0.4 is 16.1 Å². The predicted octanol–water partition coefficient (Wildman–Crippen LogP) is 0.941. The smallest absolute Gasteiger partial charge is 0.249 e. The fourth-order valence-electron chi connectivity index (χ4n) is 2.29. The Balaban J connectivity index is 1.81. The number of carbonyl (C=O) groups is 2. The lowest BCUT2D eigenvalue weighted by atomic mass is 10.1. The van der Waals surface area contributed by atoms with Gasteiger partial charge in [-0.15, -0.1) is 0 Å². The van der Waals surface area contributed by atoms with Crippen LogP contribution in [0.4, 0.5) is 5.69 Å². The molecule has 2 aliphatic heterocycles. The van der Waals surface area contributed by atoms with Gasteiger partial charge in [0.25, 0.3) is 0 Å². The standard InChI is InChI=1S/C15H17N5O2/c1-9(2)13-18-15-17-12(21)8-11(20(15)19-13)14(22)16-10-6-4-3-5-7-10/h3-7,11,19H,8H2,1-2H3,(H,16,22)(H,17,18,21). The first-order chi connectivity index (χ1) is 10.5.